The molecule has 3 rings (SSSR count). The number of hydrogen-bond acceptors (Lipinski definition) is 4. The molecule has 2 aromatic rings. The molecule has 0 bridgehead atoms. The molecule has 1 amide bonds. The predicted molar refractivity (Wildman–Crippen MR) is 52.1 cm³/mol. The molecule has 1 aliphatic heterocycles. The summed E-state index contributed by atoms with van der Waals surface area (Å²) < 4.78 is 4.66. The second-order valence-electron chi connectivity index (χ2n) is 3.39. The van der Waals surface area contributed by atoms with Crippen molar-refractivity contribution < 1.29 is 9.32 Å². The normalized spacial score (nSPS) is 13.7. The molecule has 74 valence electrons. The van der Waals surface area contributed by atoms with Gasteiger partial charge in [-0.25, -0.2) is 0 Å². The van der Waals surface area contributed by atoms with Gasteiger partial charge in [-0.2, -0.15) is 0 Å². The second-order valence-corrected chi connectivity index (χ2v) is 3.39. The second kappa shape index (κ2) is 2.91. The highest BCUT2D eigenvalue weighted by molar-refractivity contribution is 5.99. The van der Waals surface area contributed by atoms with Crippen LogP contribution in [0.5, 0.6) is 0 Å². The molecule has 15 heavy (non-hydrogen) atoms. The van der Waals surface area contributed by atoms with Gasteiger partial charge < -0.3 is 9.84 Å². The average molecular weight is 201 g/mol. The zero-order chi connectivity index (χ0) is 10.3. The van der Waals surface area contributed by atoms with E-state index in [4.69, 9.17) is 0 Å². The first-order chi connectivity index (χ1) is 7.33. The number of rotatable bonds is 1. The molecule has 0 atom stereocenters. The number of hydrogen-bond donors (Lipinski definition) is 1. The monoisotopic (exact) mass is 201 g/mol. The van der Waals surface area contributed by atoms with E-state index in [0.717, 1.165) is 16.8 Å². The summed E-state index contributed by atoms with van der Waals surface area (Å²) in [5, 5.41) is 9.98. The third-order valence-corrected chi connectivity index (χ3v) is 2.39. The Morgan fingerprint density at radius 2 is 2.33 bits per heavy atom. The summed E-state index contributed by atoms with van der Waals surface area (Å²) in [6.45, 7) is 0. The summed E-state index contributed by atoms with van der Waals surface area (Å²) in [6.07, 6.45) is 1.92. The van der Waals surface area contributed by atoms with Gasteiger partial charge in [0.05, 0.1) is 6.42 Å². The highest BCUT2D eigenvalue weighted by atomic mass is 16.5. The Kier molecular flexibility index (Phi) is 1.58. The number of nitrogens with one attached hydrogen (secondary N) is 1. The number of benzene rings is 1. The van der Waals surface area contributed by atoms with Gasteiger partial charge in [-0.05, 0) is 11.6 Å². The highest BCUT2D eigenvalue weighted by Crippen LogP contribution is 2.28. The van der Waals surface area contributed by atoms with Crippen LogP contribution in [0.2, 0.25) is 0 Å². The van der Waals surface area contributed by atoms with E-state index in [1.54, 1.807) is 0 Å². The molecule has 2 heterocycles. The van der Waals surface area contributed by atoms with Crippen LogP contribution in [-0.2, 0) is 11.2 Å². The van der Waals surface area contributed by atoms with Gasteiger partial charge in [-0.1, -0.05) is 12.1 Å². The van der Waals surface area contributed by atoms with E-state index >= 15 is 0 Å². The van der Waals surface area contributed by atoms with E-state index in [2.05, 4.69) is 20.2 Å². The van der Waals surface area contributed by atoms with Crippen LogP contribution < -0.4 is 5.32 Å². The maximum atomic E-state index is 11.1. The van der Waals surface area contributed by atoms with Crippen molar-refractivity contribution in [3.8, 4) is 11.3 Å². The van der Waals surface area contributed by atoms with Gasteiger partial charge in [0, 0.05) is 16.5 Å². The lowest BCUT2D eigenvalue weighted by Gasteiger charge is -2.00. The van der Waals surface area contributed by atoms with Gasteiger partial charge in [-0.3, -0.25) is 4.79 Å². The van der Waals surface area contributed by atoms with Crippen LogP contribution in [0, 0.1) is 0 Å². The van der Waals surface area contributed by atoms with E-state index in [9.17, 15) is 4.79 Å². The summed E-state index contributed by atoms with van der Waals surface area (Å²) in [5.41, 5.74) is 3.41. The minimum atomic E-state index is 0.0282. The highest BCUT2D eigenvalue weighted by Gasteiger charge is 2.18. The van der Waals surface area contributed by atoms with E-state index in [1.165, 1.54) is 6.26 Å². The van der Waals surface area contributed by atoms with Crippen LogP contribution in [-0.4, -0.2) is 16.3 Å². The van der Waals surface area contributed by atoms with Crippen LogP contribution in [0.15, 0.2) is 29.0 Å². The van der Waals surface area contributed by atoms with Crippen LogP contribution in [0.3, 0.4) is 0 Å². The standard InChI is InChI=1S/C10H7N3O2/c14-10-4-7-2-1-6(3-8(7)11-10)9-5-15-13-12-9/h1-3,5H,4H2,(H,11,14). The molecule has 5 heteroatoms. The third-order valence-electron chi connectivity index (χ3n) is 2.39. The van der Waals surface area contributed by atoms with Crippen molar-refractivity contribution in [2.45, 2.75) is 6.42 Å². The SMILES string of the molecule is O=C1Cc2ccc(-c3conn3)cc2N1. The molecule has 0 saturated heterocycles. The number of amides is 1. The molecular weight excluding hydrogens is 194 g/mol. The molecule has 0 unspecified atom stereocenters. The summed E-state index contributed by atoms with van der Waals surface area (Å²) >= 11 is 0. The third kappa shape index (κ3) is 1.28. The van der Waals surface area contributed by atoms with Crippen molar-refractivity contribution in [2.24, 2.45) is 0 Å². The van der Waals surface area contributed by atoms with Gasteiger partial charge >= 0.3 is 0 Å². The smallest absolute Gasteiger partial charge is 0.228 e. The number of nitrogens with zero attached hydrogens (tertiary/aromatic N) is 2. The lowest BCUT2D eigenvalue weighted by molar-refractivity contribution is -0.115. The molecule has 0 spiro atoms. The Hall–Kier alpha value is -2.17. The Morgan fingerprint density at radius 3 is 3.13 bits per heavy atom. The van der Waals surface area contributed by atoms with Gasteiger partial charge in [0.1, 0.15) is 5.69 Å². The molecule has 1 aliphatic rings. The van der Waals surface area contributed by atoms with Crippen molar-refractivity contribution in [3.05, 3.63) is 30.0 Å². The fraction of sp³-hybridized carbons (Fsp3) is 0.100. The first kappa shape index (κ1) is 8.16. The van der Waals surface area contributed by atoms with Crippen molar-refractivity contribution in [1.82, 2.24) is 10.4 Å². The molecule has 1 aromatic heterocycles. The summed E-state index contributed by atoms with van der Waals surface area (Å²) in [7, 11) is 0. The fourth-order valence-corrected chi connectivity index (χ4v) is 1.66. The van der Waals surface area contributed by atoms with Crippen molar-refractivity contribution >= 4 is 11.6 Å². The van der Waals surface area contributed by atoms with Crippen LogP contribution in [0.25, 0.3) is 11.3 Å². The first-order valence-corrected chi connectivity index (χ1v) is 4.53. The number of anilines is 1. The van der Waals surface area contributed by atoms with Crippen molar-refractivity contribution in [1.29, 1.82) is 0 Å². The Balaban J connectivity index is 2.07. The van der Waals surface area contributed by atoms with Crippen LogP contribution in [0.4, 0.5) is 5.69 Å². The summed E-state index contributed by atoms with van der Waals surface area (Å²) in [6, 6.07) is 5.69. The first-order valence-electron chi connectivity index (χ1n) is 4.53. The molecule has 0 aliphatic carbocycles. The summed E-state index contributed by atoms with van der Waals surface area (Å²) in [4.78, 5) is 11.1. The maximum Gasteiger partial charge on any atom is 0.228 e. The van der Waals surface area contributed by atoms with Gasteiger partial charge in [0.25, 0.3) is 0 Å². The topological polar surface area (TPSA) is 68.0 Å². The summed E-state index contributed by atoms with van der Waals surface area (Å²) in [5.74, 6) is 0.0282. The minimum absolute atomic E-state index is 0.0282. The lowest BCUT2D eigenvalue weighted by Crippen LogP contribution is -2.03. The van der Waals surface area contributed by atoms with Crippen molar-refractivity contribution in [3.63, 3.8) is 0 Å². The number of fused-ring (bicyclic) bond motifs is 1. The van der Waals surface area contributed by atoms with Gasteiger partial charge in [0.2, 0.25) is 5.91 Å². The zero-order valence-electron chi connectivity index (χ0n) is 7.73. The predicted octanol–water partition coefficient (Wildman–Crippen LogP) is 1.23. The molecule has 5 nitrogen and oxygen atoms in total. The lowest BCUT2D eigenvalue weighted by atomic mass is 10.1. The molecule has 0 saturated carbocycles. The number of carbonyl (C=O) groups excluding carboxylic acids is 1. The van der Waals surface area contributed by atoms with E-state index in [1.807, 2.05) is 18.2 Å². The average Bonchev–Trinajstić information content (AvgIpc) is 2.82. The van der Waals surface area contributed by atoms with E-state index in [-0.39, 0.29) is 5.91 Å². The van der Waals surface area contributed by atoms with E-state index < -0.39 is 0 Å². The van der Waals surface area contributed by atoms with Gasteiger partial charge in [0.15, 0.2) is 6.26 Å². The minimum Gasteiger partial charge on any atom is -0.345 e. The quantitative estimate of drug-likeness (QED) is 0.753. The zero-order valence-corrected chi connectivity index (χ0v) is 7.73. The van der Waals surface area contributed by atoms with Crippen molar-refractivity contribution in [2.75, 3.05) is 5.32 Å². The Morgan fingerprint density at radius 1 is 1.40 bits per heavy atom. The molecule has 0 radical (unpaired) electrons. The molecule has 1 N–H and O–H groups in total. The van der Waals surface area contributed by atoms with E-state index in [0.29, 0.717) is 12.1 Å². The van der Waals surface area contributed by atoms with Gasteiger partial charge in [-0.15, -0.1) is 5.10 Å². The number of aromatic nitrogens is 2. The number of carbonyl (C=O) groups is 1. The Labute approximate surface area is 85.1 Å². The largest absolute Gasteiger partial charge is 0.345 e. The molecule has 0 fully saturated rings. The Bertz CT molecular complexity index is 519. The molecular formula is C10H7N3O2. The van der Waals surface area contributed by atoms with Crippen LogP contribution in [0.1, 0.15) is 5.56 Å². The maximum absolute atomic E-state index is 11.1. The van der Waals surface area contributed by atoms with Crippen LogP contribution >= 0.6 is 0 Å². The fourth-order valence-electron chi connectivity index (χ4n) is 1.66. The molecule has 1 aromatic carbocycles.